The molecule has 0 heterocycles. The van der Waals surface area contributed by atoms with Crippen LogP contribution in [0.25, 0.3) is 6.08 Å². The molecule has 200 valence electrons. The Morgan fingerprint density at radius 2 is 1.34 bits per heavy atom. The third kappa shape index (κ3) is 9.44. The van der Waals surface area contributed by atoms with E-state index < -0.39 is 0 Å². The van der Waals surface area contributed by atoms with Crippen molar-refractivity contribution in [3.8, 4) is 17.2 Å². The summed E-state index contributed by atoms with van der Waals surface area (Å²) in [5.74, 6) is 1.83. The van der Waals surface area contributed by atoms with E-state index in [1.165, 1.54) is 5.57 Å². The number of ketones is 1. The van der Waals surface area contributed by atoms with Crippen molar-refractivity contribution in [3.63, 3.8) is 0 Å². The topological polar surface area (TPSA) is 44.8 Å². The minimum absolute atomic E-state index is 0.157. The molecule has 0 fully saturated rings. The van der Waals surface area contributed by atoms with Crippen molar-refractivity contribution in [2.24, 2.45) is 0 Å². The molecule has 0 aromatic heterocycles. The first-order valence-corrected chi connectivity index (χ1v) is 12.8. The standard InChI is InChI=1S/C34H40O4/c1-8-21-36-32-19-14-27(24-28(32)15-11-25(4)5)13-18-31(35)29-17-20-33(37-22-9-2)30(16-12-26(6)7)34(29)38-23-10-3/h8-14,17-20,24H,1-3,15-16,21-23H2,4-7H3/b18-13+. The molecule has 0 aliphatic heterocycles. The maximum absolute atomic E-state index is 13.4. The average Bonchev–Trinajstić information content (AvgIpc) is 2.90. The predicted octanol–water partition coefficient (Wildman–Crippen LogP) is 8.29. The largest absolute Gasteiger partial charge is 0.489 e. The molecule has 2 rings (SSSR count). The maximum Gasteiger partial charge on any atom is 0.189 e. The molecule has 4 nitrogen and oxygen atoms in total. The Bertz CT molecular complexity index is 1220. The smallest absolute Gasteiger partial charge is 0.189 e. The van der Waals surface area contributed by atoms with Gasteiger partial charge in [-0.15, -0.1) is 0 Å². The number of allylic oxidation sites excluding steroid dienone is 5. The maximum atomic E-state index is 13.4. The van der Waals surface area contributed by atoms with Gasteiger partial charge in [-0.3, -0.25) is 4.79 Å². The Kier molecular flexibility index (Phi) is 12.7. The zero-order chi connectivity index (χ0) is 27.9. The van der Waals surface area contributed by atoms with Crippen LogP contribution in [0.15, 0.2) is 97.7 Å². The van der Waals surface area contributed by atoms with Gasteiger partial charge in [-0.05, 0) is 82.0 Å². The highest BCUT2D eigenvalue weighted by molar-refractivity contribution is 6.09. The first-order chi connectivity index (χ1) is 18.3. The lowest BCUT2D eigenvalue weighted by Crippen LogP contribution is -2.08. The molecule has 0 saturated heterocycles. The Morgan fingerprint density at radius 1 is 0.763 bits per heavy atom. The number of hydrogen-bond donors (Lipinski definition) is 0. The highest BCUT2D eigenvalue weighted by Crippen LogP contribution is 2.34. The Labute approximate surface area is 228 Å². The molecule has 0 unspecified atom stereocenters. The fraction of sp³-hybridized carbons (Fsp3) is 0.265. The molecular formula is C34H40O4. The summed E-state index contributed by atoms with van der Waals surface area (Å²) in [7, 11) is 0. The highest BCUT2D eigenvalue weighted by atomic mass is 16.5. The lowest BCUT2D eigenvalue weighted by Gasteiger charge is -2.17. The number of benzene rings is 2. The van der Waals surface area contributed by atoms with Crippen LogP contribution in [0.4, 0.5) is 0 Å². The minimum atomic E-state index is -0.157. The third-order valence-corrected chi connectivity index (χ3v) is 5.50. The minimum Gasteiger partial charge on any atom is -0.489 e. The SMILES string of the molecule is C=CCOc1ccc(/C=C/C(=O)c2ccc(OCC=C)c(CC=C(C)C)c2OCC=C)cc1CC=C(C)C. The summed E-state index contributed by atoms with van der Waals surface area (Å²) in [4.78, 5) is 13.4. The molecule has 0 atom stereocenters. The molecule has 0 bridgehead atoms. The van der Waals surface area contributed by atoms with Crippen LogP contribution in [0.1, 0.15) is 54.7 Å². The van der Waals surface area contributed by atoms with Gasteiger partial charge in [0.05, 0.1) is 5.56 Å². The van der Waals surface area contributed by atoms with E-state index in [0.29, 0.717) is 36.7 Å². The molecule has 0 aliphatic carbocycles. The van der Waals surface area contributed by atoms with Crippen molar-refractivity contribution in [3.05, 3.63) is 120 Å². The van der Waals surface area contributed by atoms with Crippen LogP contribution in [0.3, 0.4) is 0 Å². The molecule has 2 aromatic rings. The van der Waals surface area contributed by atoms with E-state index in [1.54, 1.807) is 30.4 Å². The van der Waals surface area contributed by atoms with Crippen LogP contribution in [-0.4, -0.2) is 25.6 Å². The van der Waals surface area contributed by atoms with Crippen molar-refractivity contribution in [2.75, 3.05) is 19.8 Å². The molecule has 0 radical (unpaired) electrons. The van der Waals surface area contributed by atoms with Gasteiger partial charge < -0.3 is 14.2 Å². The van der Waals surface area contributed by atoms with Gasteiger partial charge in [0, 0.05) is 5.56 Å². The zero-order valence-electron chi connectivity index (χ0n) is 23.2. The molecule has 0 amide bonds. The second-order valence-corrected chi connectivity index (χ2v) is 9.25. The highest BCUT2D eigenvalue weighted by Gasteiger charge is 2.19. The normalized spacial score (nSPS) is 10.4. The summed E-state index contributed by atoms with van der Waals surface area (Å²) in [5, 5.41) is 0. The Balaban J connectivity index is 2.47. The van der Waals surface area contributed by atoms with E-state index in [1.807, 2.05) is 44.2 Å². The van der Waals surface area contributed by atoms with E-state index >= 15 is 0 Å². The number of ether oxygens (including phenoxy) is 3. The van der Waals surface area contributed by atoms with Gasteiger partial charge in [0.2, 0.25) is 0 Å². The van der Waals surface area contributed by atoms with Crippen molar-refractivity contribution >= 4 is 11.9 Å². The van der Waals surface area contributed by atoms with E-state index in [0.717, 1.165) is 34.4 Å². The number of carbonyl (C=O) groups excluding carboxylic acids is 1. The summed E-state index contributed by atoms with van der Waals surface area (Å²) in [5.41, 5.74) is 5.64. The quantitative estimate of drug-likeness (QED) is 0.129. The fourth-order valence-electron chi connectivity index (χ4n) is 3.62. The van der Waals surface area contributed by atoms with Crippen LogP contribution in [0.5, 0.6) is 17.2 Å². The summed E-state index contributed by atoms with van der Waals surface area (Å²) in [6.07, 6.45) is 14.0. The zero-order valence-corrected chi connectivity index (χ0v) is 23.2. The van der Waals surface area contributed by atoms with Crippen LogP contribution >= 0.6 is 0 Å². The summed E-state index contributed by atoms with van der Waals surface area (Å²) in [6.45, 7) is 20.5. The average molecular weight is 513 g/mol. The predicted molar refractivity (Wildman–Crippen MR) is 160 cm³/mol. The summed E-state index contributed by atoms with van der Waals surface area (Å²) in [6, 6.07) is 9.49. The first kappa shape index (κ1) is 30.2. The van der Waals surface area contributed by atoms with E-state index in [-0.39, 0.29) is 12.4 Å². The van der Waals surface area contributed by atoms with Crippen LogP contribution in [0.2, 0.25) is 0 Å². The number of carbonyl (C=O) groups is 1. The van der Waals surface area contributed by atoms with Gasteiger partial charge in [-0.2, -0.15) is 0 Å². The van der Waals surface area contributed by atoms with E-state index in [2.05, 4.69) is 45.7 Å². The van der Waals surface area contributed by atoms with Crippen molar-refractivity contribution in [1.29, 1.82) is 0 Å². The lowest BCUT2D eigenvalue weighted by molar-refractivity contribution is 0.104. The van der Waals surface area contributed by atoms with Gasteiger partial charge in [-0.1, -0.05) is 73.4 Å². The fourth-order valence-corrected chi connectivity index (χ4v) is 3.62. The van der Waals surface area contributed by atoms with E-state index in [9.17, 15) is 4.79 Å². The molecule has 0 saturated carbocycles. The molecule has 38 heavy (non-hydrogen) atoms. The first-order valence-electron chi connectivity index (χ1n) is 12.8. The van der Waals surface area contributed by atoms with Gasteiger partial charge in [0.15, 0.2) is 5.78 Å². The van der Waals surface area contributed by atoms with Gasteiger partial charge in [-0.25, -0.2) is 0 Å². The number of rotatable bonds is 16. The lowest BCUT2D eigenvalue weighted by atomic mass is 9.99. The molecule has 4 heteroatoms. The molecule has 2 aromatic carbocycles. The number of hydrogen-bond acceptors (Lipinski definition) is 4. The molecule has 0 N–H and O–H groups in total. The van der Waals surface area contributed by atoms with E-state index in [4.69, 9.17) is 14.2 Å². The van der Waals surface area contributed by atoms with Crippen LogP contribution in [-0.2, 0) is 12.8 Å². The molecular weight excluding hydrogens is 472 g/mol. The summed E-state index contributed by atoms with van der Waals surface area (Å²) < 4.78 is 17.7. The van der Waals surface area contributed by atoms with Crippen LogP contribution in [0, 0.1) is 0 Å². The molecule has 0 spiro atoms. The Morgan fingerprint density at radius 3 is 1.97 bits per heavy atom. The second kappa shape index (κ2) is 15.9. The molecule has 0 aliphatic rings. The monoisotopic (exact) mass is 512 g/mol. The second-order valence-electron chi connectivity index (χ2n) is 9.25. The van der Waals surface area contributed by atoms with Gasteiger partial charge in [0.1, 0.15) is 37.1 Å². The Hall–Kier alpha value is -4.05. The van der Waals surface area contributed by atoms with Gasteiger partial charge in [0.25, 0.3) is 0 Å². The third-order valence-electron chi connectivity index (χ3n) is 5.50. The summed E-state index contributed by atoms with van der Waals surface area (Å²) >= 11 is 0. The van der Waals surface area contributed by atoms with Gasteiger partial charge >= 0.3 is 0 Å². The van der Waals surface area contributed by atoms with Crippen molar-refractivity contribution < 1.29 is 19.0 Å². The van der Waals surface area contributed by atoms with Crippen molar-refractivity contribution in [2.45, 2.75) is 40.5 Å². The van der Waals surface area contributed by atoms with Crippen molar-refractivity contribution in [1.82, 2.24) is 0 Å². The van der Waals surface area contributed by atoms with Crippen LogP contribution < -0.4 is 14.2 Å².